The van der Waals surface area contributed by atoms with Crippen LogP contribution in [0.1, 0.15) is 54.4 Å². The number of rotatable bonds is 2. The lowest BCUT2D eigenvalue weighted by Gasteiger charge is -2.26. The Morgan fingerprint density at radius 3 is 2.50 bits per heavy atom. The van der Waals surface area contributed by atoms with E-state index in [9.17, 15) is 10.1 Å². The quantitative estimate of drug-likeness (QED) is 0.827. The van der Waals surface area contributed by atoms with E-state index < -0.39 is 5.54 Å². The molecule has 0 bridgehead atoms. The van der Waals surface area contributed by atoms with Gasteiger partial charge in [-0.3, -0.25) is 4.79 Å². The van der Waals surface area contributed by atoms with E-state index in [0.29, 0.717) is 5.56 Å². The van der Waals surface area contributed by atoms with Crippen molar-refractivity contribution in [2.24, 2.45) is 0 Å². The lowest BCUT2D eigenvalue weighted by atomic mass is 9.91. The minimum absolute atomic E-state index is 0.140. The highest BCUT2D eigenvalue weighted by atomic mass is 79.9. The van der Waals surface area contributed by atoms with Crippen LogP contribution in [0.5, 0.6) is 0 Å². The predicted molar refractivity (Wildman–Crippen MR) is 82.4 cm³/mol. The summed E-state index contributed by atoms with van der Waals surface area (Å²) in [4.78, 5) is 12.4. The summed E-state index contributed by atoms with van der Waals surface area (Å²) in [5.74, 6) is -0.140. The summed E-state index contributed by atoms with van der Waals surface area (Å²) in [6.45, 7) is 1.91. The van der Waals surface area contributed by atoms with Gasteiger partial charge in [-0.25, -0.2) is 0 Å². The van der Waals surface area contributed by atoms with Gasteiger partial charge in [0.1, 0.15) is 5.54 Å². The lowest BCUT2D eigenvalue weighted by molar-refractivity contribution is 0.0912. The van der Waals surface area contributed by atoms with Gasteiger partial charge < -0.3 is 5.32 Å². The van der Waals surface area contributed by atoms with Crippen LogP contribution in [0.25, 0.3) is 0 Å². The molecule has 0 unspecified atom stereocenters. The van der Waals surface area contributed by atoms with Gasteiger partial charge in [0.2, 0.25) is 0 Å². The summed E-state index contributed by atoms with van der Waals surface area (Å²) in [5, 5.41) is 12.5. The van der Waals surface area contributed by atoms with E-state index >= 15 is 0 Å². The Bertz CT molecular complexity index is 540. The number of carbonyl (C=O) groups is 1. The van der Waals surface area contributed by atoms with Crippen LogP contribution < -0.4 is 5.32 Å². The molecule has 2 rings (SSSR count). The number of amides is 1. The summed E-state index contributed by atoms with van der Waals surface area (Å²) in [5.41, 5.74) is 0.873. The van der Waals surface area contributed by atoms with Crippen molar-refractivity contribution in [2.45, 2.75) is 51.0 Å². The van der Waals surface area contributed by atoms with Crippen LogP contribution >= 0.6 is 15.9 Å². The van der Waals surface area contributed by atoms with Crippen molar-refractivity contribution in [1.82, 2.24) is 5.32 Å². The lowest BCUT2D eigenvalue weighted by Crippen LogP contribution is -2.47. The number of aryl methyl sites for hydroxylation is 1. The molecule has 0 spiro atoms. The van der Waals surface area contributed by atoms with Crippen molar-refractivity contribution >= 4 is 21.8 Å². The topological polar surface area (TPSA) is 52.9 Å². The Kier molecular flexibility index (Phi) is 4.82. The number of nitrogens with one attached hydrogen (secondary N) is 1. The fraction of sp³-hybridized carbons (Fsp3) is 0.500. The van der Waals surface area contributed by atoms with Crippen LogP contribution in [0.2, 0.25) is 0 Å². The van der Waals surface area contributed by atoms with Gasteiger partial charge in [0.25, 0.3) is 5.91 Å². The molecule has 20 heavy (non-hydrogen) atoms. The molecular weight excluding hydrogens is 316 g/mol. The van der Waals surface area contributed by atoms with Gasteiger partial charge in [0, 0.05) is 10.0 Å². The molecule has 0 aromatic heterocycles. The van der Waals surface area contributed by atoms with Gasteiger partial charge in [-0.05, 0) is 43.5 Å². The fourth-order valence-corrected chi connectivity index (χ4v) is 3.24. The molecule has 0 radical (unpaired) electrons. The van der Waals surface area contributed by atoms with E-state index in [0.717, 1.165) is 48.6 Å². The molecular formula is C16H19BrN2O. The van der Waals surface area contributed by atoms with Crippen molar-refractivity contribution in [3.8, 4) is 6.07 Å². The van der Waals surface area contributed by atoms with Crippen molar-refractivity contribution in [1.29, 1.82) is 5.26 Å². The van der Waals surface area contributed by atoms with Crippen LogP contribution in [0, 0.1) is 18.3 Å². The van der Waals surface area contributed by atoms with E-state index in [2.05, 4.69) is 27.3 Å². The Morgan fingerprint density at radius 1 is 1.30 bits per heavy atom. The number of carbonyl (C=O) groups excluding carboxylic acids is 1. The molecule has 0 saturated heterocycles. The van der Waals surface area contributed by atoms with E-state index in [-0.39, 0.29) is 5.91 Å². The van der Waals surface area contributed by atoms with Gasteiger partial charge >= 0.3 is 0 Å². The summed E-state index contributed by atoms with van der Waals surface area (Å²) in [6.07, 6.45) is 5.82. The average molecular weight is 335 g/mol. The molecule has 1 fully saturated rings. The Labute approximate surface area is 128 Å². The number of benzene rings is 1. The van der Waals surface area contributed by atoms with Gasteiger partial charge in [-0.1, -0.05) is 41.6 Å². The van der Waals surface area contributed by atoms with E-state index in [1.807, 2.05) is 19.1 Å². The zero-order chi connectivity index (χ0) is 14.6. The second-order valence-corrected chi connectivity index (χ2v) is 6.44. The number of nitriles is 1. The highest BCUT2D eigenvalue weighted by molar-refractivity contribution is 9.10. The standard InChI is InChI=1S/C16H19BrN2O/c1-12-10-13(17)6-7-14(12)15(20)19-16(11-18)8-4-2-3-5-9-16/h6-7,10H,2-5,8-9H2,1H3,(H,19,20). The minimum Gasteiger partial charge on any atom is -0.334 e. The molecule has 0 aliphatic heterocycles. The maximum Gasteiger partial charge on any atom is 0.252 e. The van der Waals surface area contributed by atoms with Gasteiger partial charge in [-0.2, -0.15) is 5.26 Å². The molecule has 1 aliphatic carbocycles. The first-order chi connectivity index (χ1) is 9.56. The van der Waals surface area contributed by atoms with Crippen LogP contribution in [0.3, 0.4) is 0 Å². The Balaban J connectivity index is 2.18. The normalized spacial score (nSPS) is 17.9. The summed E-state index contributed by atoms with van der Waals surface area (Å²) < 4.78 is 0.955. The molecule has 1 N–H and O–H groups in total. The summed E-state index contributed by atoms with van der Waals surface area (Å²) in [6, 6.07) is 7.92. The molecule has 1 saturated carbocycles. The van der Waals surface area contributed by atoms with E-state index in [4.69, 9.17) is 0 Å². The van der Waals surface area contributed by atoms with Crippen LogP contribution in [0.15, 0.2) is 22.7 Å². The number of halogens is 1. The second-order valence-electron chi connectivity index (χ2n) is 5.52. The number of hydrogen-bond acceptors (Lipinski definition) is 2. The minimum atomic E-state index is -0.687. The van der Waals surface area contributed by atoms with Crippen molar-refractivity contribution in [2.75, 3.05) is 0 Å². The number of nitrogens with zero attached hydrogens (tertiary/aromatic N) is 1. The molecule has 106 valence electrons. The van der Waals surface area contributed by atoms with Gasteiger partial charge in [0.15, 0.2) is 0 Å². The largest absolute Gasteiger partial charge is 0.334 e. The monoisotopic (exact) mass is 334 g/mol. The first-order valence-electron chi connectivity index (χ1n) is 7.06. The predicted octanol–water partition coefficient (Wildman–Crippen LogP) is 4.10. The third-order valence-corrected chi connectivity index (χ3v) is 4.45. The molecule has 4 heteroatoms. The molecule has 0 heterocycles. The SMILES string of the molecule is Cc1cc(Br)ccc1C(=O)NC1(C#N)CCCCCC1. The Morgan fingerprint density at radius 2 is 1.95 bits per heavy atom. The van der Waals surface area contributed by atoms with Crippen molar-refractivity contribution in [3.05, 3.63) is 33.8 Å². The highest BCUT2D eigenvalue weighted by Gasteiger charge is 2.33. The average Bonchev–Trinajstić information content (AvgIpc) is 2.64. The first kappa shape index (κ1) is 15.1. The van der Waals surface area contributed by atoms with Crippen LogP contribution in [0.4, 0.5) is 0 Å². The van der Waals surface area contributed by atoms with Crippen LogP contribution in [-0.2, 0) is 0 Å². The fourth-order valence-electron chi connectivity index (χ4n) is 2.76. The summed E-state index contributed by atoms with van der Waals surface area (Å²) >= 11 is 3.39. The third-order valence-electron chi connectivity index (χ3n) is 3.96. The Hall–Kier alpha value is -1.34. The maximum absolute atomic E-state index is 12.4. The van der Waals surface area contributed by atoms with Gasteiger partial charge in [-0.15, -0.1) is 0 Å². The molecule has 1 amide bonds. The summed E-state index contributed by atoms with van der Waals surface area (Å²) in [7, 11) is 0. The van der Waals surface area contributed by atoms with Crippen molar-refractivity contribution < 1.29 is 4.79 Å². The zero-order valence-corrected chi connectivity index (χ0v) is 13.3. The van der Waals surface area contributed by atoms with Gasteiger partial charge in [0.05, 0.1) is 6.07 Å². The second kappa shape index (κ2) is 6.41. The zero-order valence-electron chi connectivity index (χ0n) is 11.7. The first-order valence-corrected chi connectivity index (χ1v) is 7.85. The highest BCUT2D eigenvalue weighted by Crippen LogP contribution is 2.27. The molecule has 1 aromatic carbocycles. The van der Waals surface area contributed by atoms with E-state index in [1.54, 1.807) is 6.07 Å². The van der Waals surface area contributed by atoms with Crippen LogP contribution in [-0.4, -0.2) is 11.4 Å². The molecule has 0 atom stereocenters. The smallest absolute Gasteiger partial charge is 0.252 e. The van der Waals surface area contributed by atoms with E-state index in [1.165, 1.54) is 0 Å². The molecule has 1 aliphatic rings. The third kappa shape index (κ3) is 3.40. The number of hydrogen-bond donors (Lipinski definition) is 1. The maximum atomic E-state index is 12.4. The molecule has 3 nitrogen and oxygen atoms in total. The van der Waals surface area contributed by atoms with Crippen molar-refractivity contribution in [3.63, 3.8) is 0 Å². The molecule has 1 aromatic rings.